The molecule has 0 unspecified atom stereocenters. The predicted molar refractivity (Wildman–Crippen MR) is 105 cm³/mol. The molecule has 1 aliphatic heterocycles. The molecule has 0 saturated carbocycles. The number of hydrogen-bond donors (Lipinski definition) is 1. The van der Waals surface area contributed by atoms with Crippen molar-refractivity contribution in [3.63, 3.8) is 0 Å². The normalized spacial score (nSPS) is 14.0. The highest BCUT2D eigenvalue weighted by molar-refractivity contribution is 5.80. The Morgan fingerprint density at radius 3 is 2.65 bits per heavy atom. The Morgan fingerprint density at radius 2 is 1.92 bits per heavy atom. The third-order valence-corrected chi connectivity index (χ3v) is 4.81. The van der Waals surface area contributed by atoms with Gasteiger partial charge in [0.2, 0.25) is 0 Å². The van der Waals surface area contributed by atoms with Crippen LogP contribution in [0.3, 0.4) is 0 Å². The van der Waals surface area contributed by atoms with Gasteiger partial charge in [0.25, 0.3) is 0 Å². The van der Waals surface area contributed by atoms with E-state index in [1.165, 1.54) is 11.1 Å². The topological polar surface area (TPSA) is 46.1 Å². The van der Waals surface area contributed by atoms with Gasteiger partial charge in [-0.15, -0.1) is 0 Å². The van der Waals surface area contributed by atoms with Gasteiger partial charge < -0.3 is 19.7 Å². The van der Waals surface area contributed by atoms with Crippen LogP contribution in [0.25, 0.3) is 0 Å². The molecule has 2 aromatic rings. The molecule has 0 saturated heterocycles. The lowest BCUT2D eigenvalue weighted by atomic mass is 10.0. The van der Waals surface area contributed by atoms with Crippen molar-refractivity contribution in [3.05, 3.63) is 59.2 Å². The molecule has 0 fully saturated rings. The lowest BCUT2D eigenvalue weighted by molar-refractivity contribution is 0.378. The van der Waals surface area contributed by atoms with Crippen molar-refractivity contribution in [1.29, 1.82) is 0 Å². The van der Waals surface area contributed by atoms with E-state index in [9.17, 15) is 0 Å². The Labute approximate surface area is 155 Å². The zero-order chi connectivity index (χ0) is 18.4. The number of nitrogens with zero attached hydrogens (tertiary/aromatic N) is 2. The number of guanidine groups is 1. The van der Waals surface area contributed by atoms with E-state index in [-0.39, 0.29) is 0 Å². The minimum Gasteiger partial charge on any atom is -0.497 e. The van der Waals surface area contributed by atoms with E-state index >= 15 is 0 Å². The zero-order valence-corrected chi connectivity index (χ0v) is 15.8. The Kier molecular flexibility index (Phi) is 6.00. The summed E-state index contributed by atoms with van der Waals surface area (Å²) >= 11 is 0. The Morgan fingerprint density at radius 1 is 1.12 bits per heavy atom. The van der Waals surface area contributed by atoms with Crippen molar-refractivity contribution in [2.75, 3.05) is 34.4 Å². The lowest BCUT2D eigenvalue weighted by Crippen LogP contribution is -2.44. The van der Waals surface area contributed by atoms with Crippen LogP contribution >= 0.6 is 0 Å². The number of benzene rings is 2. The highest BCUT2D eigenvalue weighted by Crippen LogP contribution is 2.24. The largest absolute Gasteiger partial charge is 0.497 e. The minimum absolute atomic E-state index is 0.786. The van der Waals surface area contributed by atoms with E-state index in [0.29, 0.717) is 0 Å². The molecule has 5 nitrogen and oxygen atoms in total. The fourth-order valence-electron chi connectivity index (χ4n) is 3.40. The molecule has 138 valence electrons. The molecule has 0 atom stereocenters. The monoisotopic (exact) mass is 353 g/mol. The Balaban J connectivity index is 1.60. The van der Waals surface area contributed by atoms with Crippen LogP contribution in [0.4, 0.5) is 0 Å². The van der Waals surface area contributed by atoms with E-state index in [1.54, 1.807) is 14.2 Å². The molecule has 1 heterocycles. The molecule has 0 spiro atoms. The summed E-state index contributed by atoms with van der Waals surface area (Å²) in [5.74, 6) is 2.67. The number of rotatable bonds is 5. The maximum atomic E-state index is 5.46. The van der Waals surface area contributed by atoms with E-state index in [2.05, 4.69) is 39.5 Å². The third kappa shape index (κ3) is 4.10. The van der Waals surface area contributed by atoms with E-state index < -0.39 is 0 Å². The molecule has 0 radical (unpaired) electrons. The summed E-state index contributed by atoms with van der Waals surface area (Å²) in [6, 6.07) is 14.5. The quantitative estimate of drug-likeness (QED) is 0.663. The smallest absolute Gasteiger partial charge is 0.193 e. The van der Waals surface area contributed by atoms with Crippen molar-refractivity contribution in [1.82, 2.24) is 10.2 Å². The number of methoxy groups -OCH3 is 2. The van der Waals surface area contributed by atoms with Gasteiger partial charge in [-0.3, -0.25) is 4.99 Å². The summed E-state index contributed by atoms with van der Waals surface area (Å²) in [4.78, 5) is 6.78. The minimum atomic E-state index is 0.786. The van der Waals surface area contributed by atoms with Gasteiger partial charge in [0.05, 0.1) is 14.2 Å². The average molecular weight is 353 g/mol. The molecule has 3 rings (SSSR count). The first-order chi connectivity index (χ1) is 12.7. The molecule has 5 heteroatoms. The molecule has 0 bridgehead atoms. The van der Waals surface area contributed by atoms with Crippen LogP contribution in [-0.2, 0) is 19.4 Å². The fourth-order valence-corrected chi connectivity index (χ4v) is 3.40. The van der Waals surface area contributed by atoms with Crippen molar-refractivity contribution < 1.29 is 9.47 Å². The summed E-state index contributed by atoms with van der Waals surface area (Å²) in [6.07, 6.45) is 1.89. The standard InChI is InChI=1S/C21H27N3O2/c1-22-21(24-13-11-16-6-4-5-7-18(16)15-24)23-12-10-17-14-19(25-2)8-9-20(17)26-3/h4-9,14H,10-13,15H2,1-3H3,(H,22,23). The highest BCUT2D eigenvalue weighted by atomic mass is 16.5. The van der Waals surface area contributed by atoms with Gasteiger partial charge in [-0.1, -0.05) is 24.3 Å². The maximum Gasteiger partial charge on any atom is 0.193 e. The van der Waals surface area contributed by atoms with E-state index in [4.69, 9.17) is 9.47 Å². The molecule has 0 aromatic heterocycles. The van der Waals surface area contributed by atoms with Crippen LogP contribution < -0.4 is 14.8 Å². The van der Waals surface area contributed by atoms with Crippen LogP contribution in [0.1, 0.15) is 16.7 Å². The van der Waals surface area contributed by atoms with Gasteiger partial charge in [-0.05, 0) is 47.7 Å². The number of hydrogen-bond acceptors (Lipinski definition) is 3. The highest BCUT2D eigenvalue weighted by Gasteiger charge is 2.18. The van der Waals surface area contributed by atoms with Crippen LogP contribution in [0, 0.1) is 0 Å². The van der Waals surface area contributed by atoms with Gasteiger partial charge in [0.1, 0.15) is 11.5 Å². The van der Waals surface area contributed by atoms with Crippen molar-refractivity contribution >= 4 is 5.96 Å². The van der Waals surface area contributed by atoms with Crippen molar-refractivity contribution in [2.24, 2.45) is 4.99 Å². The average Bonchev–Trinajstić information content (AvgIpc) is 2.70. The summed E-state index contributed by atoms with van der Waals surface area (Å²) in [6.45, 7) is 2.67. The van der Waals surface area contributed by atoms with Gasteiger partial charge in [0, 0.05) is 26.7 Å². The number of nitrogens with one attached hydrogen (secondary N) is 1. The van der Waals surface area contributed by atoms with Crippen LogP contribution in [-0.4, -0.2) is 45.2 Å². The third-order valence-electron chi connectivity index (χ3n) is 4.81. The summed E-state index contributed by atoms with van der Waals surface area (Å²) in [7, 11) is 5.22. The molecular formula is C21H27N3O2. The number of fused-ring (bicyclic) bond motifs is 1. The SMILES string of the molecule is CN=C(NCCc1cc(OC)ccc1OC)N1CCc2ccccc2C1. The molecule has 0 amide bonds. The second-order valence-electron chi connectivity index (χ2n) is 6.34. The summed E-state index contributed by atoms with van der Waals surface area (Å²) in [5.41, 5.74) is 3.95. The van der Waals surface area contributed by atoms with Crippen LogP contribution in [0.15, 0.2) is 47.5 Å². The fraction of sp³-hybridized carbons (Fsp3) is 0.381. The summed E-state index contributed by atoms with van der Waals surface area (Å²) in [5, 5.41) is 3.49. The predicted octanol–water partition coefficient (Wildman–Crippen LogP) is 2.88. The molecular weight excluding hydrogens is 326 g/mol. The molecule has 1 N–H and O–H groups in total. The van der Waals surface area contributed by atoms with Gasteiger partial charge in [-0.2, -0.15) is 0 Å². The van der Waals surface area contributed by atoms with E-state index in [1.807, 2.05) is 25.2 Å². The molecule has 0 aliphatic carbocycles. The lowest BCUT2D eigenvalue weighted by Gasteiger charge is -2.31. The van der Waals surface area contributed by atoms with E-state index in [0.717, 1.165) is 55.5 Å². The van der Waals surface area contributed by atoms with Crippen LogP contribution in [0.5, 0.6) is 11.5 Å². The van der Waals surface area contributed by atoms with Crippen molar-refractivity contribution in [2.45, 2.75) is 19.4 Å². The molecule has 2 aromatic carbocycles. The maximum absolute atomic E-state index is 5.46. The van der Waals surface area contributed by atoms with Crippen molar-refractivity contribution in [3.8, 4) is 11.5 Å². The summed E-state index contributed by atoms with van der Waals surface area (Å²) < 4.78 is 10.8. The number of aliphatic imine (C=N–C) groups is 1. The second kappa shape index (κ2) is 8.61. The van der Waals surface area contributed by atoms with Gasteiger partial charge >= 0.3 is 0 Å². The van der Waals surface area contributed by atoms with Crippen LogP contribution in [0.2, 0.25) is 0 Å². The Bertz CT molecular complexity index is 774. The van der Waals surface area contributed by atoms with Gasteiger partial charge in [0.15, 0.2) is 5.96 Å². The molecule has 1 aliphatic rings. The Hall–Kier alpha value is -2.69. The second-order valence-corrected chi connectivity index (χ2v) is 6.34. The first kappa shape index (κ1) is 18.1. The number of ether oxygens (including phenoxy) is 2. The first-order valence-electron chi connectivity index (χ1n) is 8.98. The van der Waals surface area contributed by atoms with Gasteiger partial charge in [-0.25, -0.2) is 0 Å². The molecule has 26 heavy (non-hydrogen) atoms. The zero-order valence-electron chi connectivity index (χ0n) is 15.8. The first-order valence-corrected chi connectivity index (χ1v) is 8.98.